The van der Waals surface area contributed by atoms with Crippen LogP contribution in [0.3, 0.4) is 0 Å². The number of phenolic OH excluding ortho intramolecular Hbond substituents is 1. The summed E-state index contributed by atoms with van der Waals surface area (Å²) in [6.07, 6.45) is 1.66. The molecule has 4 nitrogen and oxygen atoms in total. The molecule has 0 unspecified atom stereocenters. The van der Waals surface area contributed by atoms with Crippen LogP contribution in [0.4, 0.5) is 11.4 Å². The van der Waals surface area contributed by atoms with Crippen LogP contribution in [-0.2, 0) is 0 Å². The smallest absolute Gasteiger partial charge is 0.141 e. The van der Waals surface area contributed by atoms with Crippen molar-refractivity contribution in [2.24, 2.45) is 10.2 Å². The Kier molecular flexibility index (Phi) is 3.29. The fourth-order valence-electron chi connectivity index (χ4n) is 4.22. The van der Waals surface area contributed by atoms with Gasteiger partial charge in [0.05, 0.1) is 11.4 Å². The topological polar surface area (TPSA) is 57.8 Å². The second-order valence-corrected chi connectivity index (χ2v) is 7.11. The number of pyridine rings is 1. The lowest BCUT2D eigenvalue weighted by Gasteiger charge is -2.06. The first-order valence-corrected chi connectivity index (χ1v) is 9.45. The van der Waals surface area contributed by atoms with Gasteiger partial charge in [0.1, 0.15) is 11.3 Å². The number of aromatic nitrogens is 1. The number of phenols is 1. The summed E-state index contributed by atoms with van der Waals surface area (Å²) in [7, 11) is 0. The molecule has 0 bridgehead atoms. The highest BCUT2D eigenvalue weighted by Crippen LogP contribution is 2.49. The Hall–Kier alpha value is -4.05. The molecule has 6 rings (SSSR count). The lowest BCUT2D eigenvalue weighted by Crippen LogP contribution is -1.79. The molecular weight excluding hydrogens is 358 g/mol. The van der Waals surface area contributed by atoms with Gasteiger partial charge in [-0.2, -0.15) is 0 Å². The Morgan fingerprint density at radius 1 is 0.586 bits per heavy atom. The Bertz CT molecular complexity index is 1440. The van der Waals surface area contributed by atoms with Crippen LogP contribution in [0.2, 0.25) is 0 Å². The monoisotopic (exact) mass is 373 g/mol. The minimum Gasteiger partial charge on any atom is -0.506 e. The molecule has 0 fully saturated rings. The molecule has 0 spiro atoms. The van der Waals surface area contributed by atoms with Crippen LogP contribution in [0.5, 0.6) is 5.75 Å². The van der Waals surface area contributed by atoms with E-state index in [9.17, 15) is 5.11 Å². The number of nitrogens with zero attached hydrogens (tertiary/aromatic N) is 3. The molecule has 0 saturated heterocycles. The molecule has 0 saturated carbocycles. The van der Waals surface area contributed by atoms with E-state index in [1.54, 1.807) is 18.3 Å². The summed E-state index contributed by atoms with van der Waals surface area (Å²) in [6.45, 7) is 0. The van der Waals surface area contributed by atoms with Crippen molar-refractivity contribution in [3.05, 3.63) is 85.1 Å². The predicted octanol–water partition coefficient (Wildman–Crippen LogP) is 7.16. The third-order valence-electron chi connectivity index (χ3n) is 5.52. The molecule has 1 aliphatic carbocycles. The van der Waals surface area contributed by atoms with E-state index in [-0.39, 0.29) is 5.75 Å². The van der Waals surface area contributed by atoms with E-state index in [2.05, 4.69) is 63.7 Å². The van der Waals surface area contributed by atoms with Gasteiger partial charge in [-0.15, -0.1) is 10.2 Å². The van der Waals surface area contributed by atoms with Crippen LogP contribution in [0.25, 0.3) is 43.9 Å². The molecule has 1 N–H and O–H groups in total. The van der Waals surface area contributed by atoms with Gasteiger partial charge in [0, 0.05) is 17.0 Å². The molecule has 136 valence electrons. The fraction of sp³-hybridized carbons (Fsp3) is 0. The van der Waals surface area contributed by atoms with Crippen molar-refractivity contribution >= 4 is 33.1 Å². The van der Waals surface area contributed by atoms with Gasteiger partial charge in [0.15, 0.2) is 0 Å². The summed E-state index contributed by atoms with van der Waals surface area (Å²) in [4.78, 5) is 4.25. The predicted molar refractivity (Wildman–Crippen MR) is 116 cm³/mol. The molecule has 1 aromatic heterocycles. The van der Waals surface area contributed by atoms with E-state index in [4.69, 9.17) is 0 Å². The molecule has 5 aromatic rings. The van der Waals surface area contributed by atoms with Crippen molar-refractivity contribution in [2.45, 2.75) is 0 Å². The second kappa shape index (κ2) is 5.97. The maximum atomic E-state index is 10.0. The number of hydrogen-bond acceptors (Lipinski definition) is 4. The van der Waals surface area contributed by atoms with Gasteiger partial charge in [-0.05, 0) is 58.0 Å². The first-order valence-electron chi connectivity index (χ1n) is 9.45. The standard InChI is InChI=1S/C25H15N3O/c29-23-13-12-22(20-9-4-14-26-25(20)23)28-27-21-11-10-18-16-6-2-1-5-15(16)17-7-3-8-19(21)24(17)18/h1-14,29H. The summed E-state index contributed by atoms with van der Waals surface area (Å²) in [5.41, 5.74) is 7.03. The molecule has 1 heterocycles. The summed E-state index contributed by atoms with van der Waals surface area (Å²) in [5.74, 6) is 0.141. The molecule has 0 radical (unpaired) electrons. The Morgan fingerprint density at radius 2 is 1.24 bits per heavy atom. The first-order chi connectivity index (χ1) is 14.3. The zero-order valence-electron chi connectivity index (χ0n) is 15.4. The highest BCUT2D eigenvalue weighted by molar-refractivity contribution is 6.17. The third kappa shape index (κ3) is 2.29. The highest BCUT2D eigenvalue weighted by atomic mass is 16.3. The molecule has 0 atom stereocenters. The molecule has 1 aliphatic rings. The van der Waals surface area contributed by atoms with E-state index in [1.165, 1.54) is 27.6 Å². The molecule has 4 aromatic carbocycles. The van der Waals surface area contributed by atoms with Crippen molar-refractivity contribution in [1.82, 2.24) is 4.98 Å². The SMILES string of the molecule is Oc1ccc(N=Nc2ccc3c4c(cccc24)-c2ccccc2-3)c2cccnc12. The van der Waals surface area contributed by atoms with Gasteiger partial charge in [-0.3, -0.25) is 4.98 Å². The normalized spacial score (nSPS) is 12.1. The lowest BCUT2D eigenvalue weighted by molar-refractivity contribution is 0.480. The molecule has 0 amide bonds. The van der Waals surface area contributed by atoms with Crippen molar-refractivity contribution < 1.29 is 5.11 Å². The van der Waals surface area contributed by atoms with Crippen LogP contribution in [0.15, 0.2) is 95.3 Å². The number of benzene rings is 4. The van der Waals surface area contributed by atoms with Crippen molar-refractivity contribution in [1.29, 1.82) is 0 Å². The minimum atomic E-state index is 0.141. The lowest BCUT2D eigenvalue weighted by atomic mass is 10.0. The summed E-state index contributed by atoms with van der Waals surface area (Å²) in [6, 6.07) is 26.1. The summed E-state index contributed by atoms with van der Waals surface area (Å²) < 4.78 is 0. The molecule has 4 heteroatoms. The second-order valence-electron chi connectivity index (χ2n) is 7.11. The molecule has 29 heavy (non-hydrogen) atoms. The van der Waals surface area contributed by atoms with Crippen LogP contribution in [0.1, 0.15) is 0 Å². The Morgan fingerprint density at radius 3 is 2.07 bits per heavy atom. The average Bonchev–Trinajstić information content (AvgIpc) is 3.10. The van der Waals surface area contributed by atoms with Crippen molar-refractivity contribution in [2.75, 3.05) is 0 Å². The van der Waals surface area contributed by atoms with E-state index >= 15 is 0 Å². The number of azo groups is 1. The Labute approximate surface area is 166 Å². The zero-order chi connectivity index (χ0) is 19.4. The summed E-state index contributed by atoms with van der Waals surface area (Å²) >= 11 is 0. The van der Waals surface area contributed by atoms with Gasteiger partial charge in [0.2, 0.25) is 0 Å². The largest absolute Gasteiger partial charge is 0.506 e. The quantitative estimate of drug-likeness (QED) is 0.327. The number of rotatable bonds is 2. The summed E-state index contributed by atoms with van der Waals surface area (Å²) in [5, 5.41) is 22.2. The zero-order valence-corrected chi connectivity index (χ0v) is 15.4. The highest BCUT2D eigenvalue weighted by Gasteiger charge is 2.21. The van der Waals surface area contributed by atoms with Crippen LogP contribution in [0, 0.1) is 0 Å². The minimum absolute atomic E-state index is 0.141. The maximum absolute atomic E-state index is 10.0. The maximum Gasteiger partial charge on any atom is 0.141 e. The van der Waals surface area contributed by atoms with Crippen LogP contribution < -0.4 is 0 Å². The van der Waals surface area contributed by atoms with E-state index in [0.29, 0.717) is 11.2 Å². The van der Waals surface area contributed by atoms with E-state index in [0.717, 1.165) is 16.5 Å². The van der Waals surface area contributed by atoms with Crippen LogP contribution in [-0.4, -0.2) is 10.1 Å². The van der Waals surface area contributed by atoms with Crippen molar-refractivity contribution in [3.8, 4) is 28.0 Å². The van der Waals surface area contributed by atoms with E-state index < -0.39 is 0 Å². The average molecular weight is 373 g/mol. The van der Waals surface area contributed by atoms with Gasteiger partial charge >= 0.3 is 0 Å². The van der Waals surface area contributed by atoms with Gasteiger partial charge in [-0.1, -0.05) is 48.5 Å². The van der Waals surface area contributed by atoms with Crippen LogP contribution >= 0.6 is 0 Å². The van der Waals surface area contributed by atoms with E-state index in [1.807, 2.05) is 18.2 Å². The van der Waals surface area contributed by atoms with Gasteiger partial charge in [-0.25, -0.2) is 0 Å². The fourth-order valence-corrected chi connectivity index (χ4v) is 4.22. The number of aromatic hydroxyl groups is 1. The molecule has 0 aliphatic heterocycles. The number of fused-ring (bicyclic) bond motifs is 4. The Balaban J connectivity index is 1.53. The number of hydrogen-bond donors (Lipinski definition) is 1. The van der Waals surface area contributed by atoms with Gasteiger partial charge in [0.25, 0.3) is 0 Å². The molecular formula is C25H15N3O. The van der Waals surface area contributed by atoms with Crippen molar-refractivity contribution in [3.63, 3.8) is 0 Å². The first kappa shape index (κ1) is 16.0. The third-order valence-corrected chi connectivity index (χ3v) is 5.52. The van der Waals surface area contributed by atoms with Gasteiger partial charge < -0.3 is 5.11 Å².